The third-order valence-corrected chi connectivity index (χ3v) is 5.12. The summed E-state index contributed by atoms with van der Waals surface area (Å²) >= 11 is 1.60. The number of carbonyl (C=O) groups excluding carboxylic acids is 1. The molecule has 1 saturated heterocycles. The van der Waals surface area contributed by atoms with Gasteiger partial charge in [-0.05, 0) is 37.8 Å². The van der Waals surface area contributed by atoms with Crippen molar-refractivity contribution >= 4 is 17.2 Å². The molecule has 122 valence electrons. The second kappa shape index (κ2) is 7.59. The number of likely N-dealkylation sites (tertiary alicyclic amines) is 1. The van der Waals surface area contributed by atoms with E-state index < -0.39 is 0 Å². The number of ether oxygens (including phenoxy) is 1. The highest BCUT2D eigenvalue weighted by Crippen LogP contribution is 2.32. The van der Waals surface area contributed by atoms with Gasteiger partial charge in [-0.3, -0.25) is 4.79 Å². The van der Waals surface area contributed by atoms with Crippen molar-refractivity contribution in [2.45, 2.75) is 32.1 Å². The summed E-state index contributed by atoms with van der Waals surface area (Å²) in [6, 6.07) is 7.89. The van der Waals surface area contributed by atoms with Crippen LogP contribution in [0.5, 0.6) is 5.75 Å². The van der Waals surface area contributed by atoms with E-state index in [2.05, 4.69) is 4.98 Å². The van der Waals surface area contributed by atoms with E-state index in [1.807, 2.05) is 34.5 Å². The topological polar surface area (TPSA) is 42.4 Å². The van der Waals surface area contributed by atoms with Crippen LogP contribution in [0.1, 0.15) is 31.4 Å². The van der Waals surface area contributed by atoms with Gasteiger partial charge in [0, 0.05) is 24.9 Å². The predicted octanol–water partition coefficient (Wildman–Crippen LogP) is 3.76. The molecule has 1 aliphatic rings. The molecule has 0 bridgehead atoms. The van der Waals surface area contributed by atoms with Crippen LogP contribution in [-0.2, 0) is 11.2 Å². The highest BCUT2D eigenvalue weighted by Gasteiger charge is 2.17. The van der Waals surface area contributed by atoms with E-state index in [4.69, 9.17) is 4.74 Å². The Bertz CT molecular complexity index is 663. The first-order chi connectivity index (χ1) is 11.3. The molecule has 1 fully saturated rings. The molecular formula is C18H22N2O2S. The van der Waals surface area contributed by atoms with Crippen LogP contribution in [0.2, 0.25) is 0 Å². The Hall–Kier alpha value is -1.88. The van der Waals surface area contributed by atoms with Crippen LogP contribution >= 0.6 is 11.3 Å². The highest BCUT2D eigenvalue weighted by atomic mass is 32.1. The molecule has 2 aromatic rings. The monoisotopic (exact) mass is 330 g/mol. The van der Waals surface area contributed by atoms with Gasteiger partial charge in [0.2, 0.25) is 5.91 Å². The smallest absolute Gasteiger partial charge is 0.222 e. The summed E-state index contributed by atoms with van der Waals surface area (Å²) in [5.74, 6) is 1.09. The SMILES string of the molecule is COc1ccccc1-c1nc(CCC(=O)N2CCCCC2)cs1. The number of rotatable bonds is 5. The molecule has 1 amide bonds. The third-order valence-electron chi connectivity index (χ3n) is 4.19. The molecule has 0 unspecified atom stereocenters. The first kappa shape index (κ1) is 16.0. The van der Waals surface area contributed by atoms with E-state index in [0.29, 0.717) is 12.8 Å². The van der Waals surface area contributed by atoms with Crippen LogP contribution in [0.4, 0.5) is 0 Å². The molecule has 5 heteroatoms. The Kier molecular flexibility index (Phi) is 5.28. The lowest BCUT2D eigenvalue weighted by molar-refractivity contribution is -0.132. The van der Waals surface area contributed by atoms with Crippen LogP contribution in [0.25, 0.3) is 10.6 Å². The standard InChI is InChI=1S/C18H22N2O2S/c1-22-16-8-4-3-7-15(16)18-19-14(13-23-18)9-10-17(21)20-11-5-2-6-12-20/h3-4,7-8,13H,2,5-6,9-12H2,1H3. The fraction of sp³-hybridized carbons (Fsp3) is 0.444. The fourth-order valence-electron chi connectivity index (χ4n) is 2.90. The minimum absolute atomic E-state index is 0.261. The number of methoxy groups -OCH3 is 1. The van der Waals surface area contributed by atoms with E-state index in [1.165, 1.54) is 6.42 Å². The largest absolute Gasteiger partial charge is 0.496 e. The summed E-state index contributed by atoms with van der Waals surface area (Å²) < 4.78 is 5.39. The lowest BCUT2D eigenvalue weighted by Gasteiger charge is -2.26. The number of carbonyl (C=O) groups is 1. The zero-order chi connectivity index (χ0) is 16.1. The van der Waals surface area contributed by atoms with Gasteiger partial charge in [-0.15, -0.1) is 11.3 Å². The summed E-state index contributed by atoms with van der Waals surface area (Å²) in [4.78, 5) is 18.9. The second-order valence-corrected chi connectivity index (χ2v) is 6.64. The normalized spacial score (nSPS) is 14.7. The second-order valence-electron chi connectivity index (χ2n) is 5.79. The summed E-state index contributed by atoms with van der Waals surface area (Å²) in [6.07, 6.45) is 4.79. The molecule has 4 nitrogen and oxygen atoms in total. The van der Waals surface area contributed by atoms with Crippen molar-refractivity contribution in [3.8, 4) is 16.3 Å². The van der Waals surface area contributed by atoms with E-state index >= 15 is 0 Å². The van der Waals surface area contributed by atoms with E-state index in [0.717, 1.165) is 47.9 Å². The molecule has 23 heavy (non-hydrogen) atoms. The number of aryl methyl sites for hydroxylation is 1. The Labute approximate surface area is 141 Å². The number of aromatic nitrogens is 1. The zero-order valence-electron chi connectivity index (χ0n) is 13.5. The van der Waals surface area contributed by atoms with Gasteiger partial charge in [0.25, 0.3) is 0 Å². The average molecular weight is 330 g/mol. The quantitative estimate of drug-likeness (QED) is 0.838. The molecule has 0 aliphatic carbocycles. The molecule has 0 atom stereocenters. The van der Waals surface area contributed by atoms with Crippen LogP contribution in [0, 0.1) is 0 Å². The fourth-order valence-corrected chi connectivity index (χ4v) is 3.79. The lowest BCUT2D eigenvalue weighted by Crippen LogP contribution is -2.35. The molecule has 3 rings (SSSR count). The molecule has 0 spiro atoms. The van der Waals surface area contributed by atoms with Crippen LogP contribution in [0.15, 0.2) is 29.6 Å². The Balaban J connectivity index is 1.62. The molecule has 1 aromatic carbocycles. The van der Waals surface area contributed by atoms with Crippen molar-refractivity contribution in [1.29, 1.82) is 0 Å². The first-order valence-corrected chi connectivity index (χ1v) is 9.01. The number of benzene rings is 1. The van der Waals surface area contributed by atoms with E-state index in [9.17, 15) is 4.79 Å². The summed E-state index contributed by atoms with van der Waals surface area (Å²) in [5.41, 5.74) is 2.00. The number of hydrogen-bond acceptors (Lipinski definition) is 4. The van der Waals surface area contributed by atoms with Gasteiger partial charge in [0.1, 0.15) is 10.8 Å². The van der Waals surface area contributed by atoms with Gasteiger partial charge in [0.15, 0.2) is 0 Å². The zero-order valence-corrected chi connectivity index (χ0v) is 14.3. The molecule has 0 radical (unpaired) electrons. The van der Waals surface area contributed by atoms with Gasteiger partial charge in [-0.2, -0.15) is 0 Å². The number of amides is 1. The van der Waals surface area contributed by atoms with Gasteiger partial charge in [-0.25, -0.2) is 4.98 Å². The van der Waals surface area contributed by atoms with Crippen LogP contribution < -0.4 is 4.74 Å². The maximum atomic E-state index is 12.2. The average Bonchev–Trinajstić information content (AvgIpc) is 3.09. The van der Waals surface area contributed by atoms with Gasteiger partial charge >= 0.3 is 0 Å². The predicted molar refractivity (Wildman–Crippen MR) is 92.9 cm³/mol. The summed E-state index contributed by atoms with van der Waals surface area (Å²) in [6.45, 7) is 1.84. The van der Waals surface area contributed by atoms with E-state index in [-0.39, 0.29) is 5.91 Å². The van der Waals surface area contributed by atoms with Crippen molar-refractivity contribution in [2.24, 2.45) is 0 Å². The number of para-hydroxylation sites is 1. The molecule has 0 saturated carbocycles. The van der Waals surface area contributed by atoms with Gasteiger partial charge in [0.05, 0.1) is 18.4 Å². The number of piperidine rings is 1. The first-order valence-electron chi connectivity index (χ1n) is 8.13. The van der Waals surface area contributed by atoms with Gasteiger partial charge in [-0.1, -0.05) is 12.1 Å². The molecular weight excluding hydrogens is 308 g/mol. The minimum atomic E-state index is 0.261. The summed E-state index contributed by atoms with van der Waals surface area (Å²) in [7, 11) is 1.67. The Morgan fingerprint density at radius 1 is 1.26 bits per heavy atom. The van der Waals surface area contributed by atoms with Gasteiger partial charge < -0.3 is 9.64 Å². The van der Waals surface area contributed by atoms with Crippen LogP contribution in [-0.4, -0.2) is 36.0 Å². The number of thiazole rings is 1. The summed E-state index contributed by atoms with van der Waals surface area (Å²) in [5, 5.41) is 2.99. The van der Waals surface area contributed by atoms with Crippen molar-refractivity contribution in [2.75, 3.05) is 20.2 Å². The molecule has 1 aliphatic heterocycles. The maximum Gasteiger partial charge on any atom is 0.222 e. The molecule has 0 N–H and O–H groups in total. The minimum Gasteiger partial charge on any atom is -0.496 e. The highest BCUT2D eigenvalue weighted by molar-refractivity contribution is 7.13. The number of hydrogen-bond donors (Lipinski definition) is 0. The van der Waals surface area contributed by atoms with Crippen LogP contribution in [0.3, 0.4) is 0 Å². The number of nitrogens with zero attached hydrogens (tertiary/aromatic N) is 2. The Morgan fingerprint density at radius 2 is 2.04 bits per heavy atom. The van der Waals surface area contributed by atoms with Crippen molar-refractivity contribution in [3.05, 3.63) is 35.3 Å². The van der Waals surface area contributed by atoms with E-state index in [1.54, 1.807) is 18.4 Å². The van der Waals surface area contributed by atoms with Crippen molar-refractivity contribution in [3.63, 3.8) is 0 Å². The maximum absolute atomic E-state index is 12.2. The van der Waals surface area contributed by atoms with Crippen molar-refractivity contribution in [1.82, 2.24) is 9.88 Å². The van der Waals surface area contributed by atoms with Crippen molar-refractivity contribution < 1.29 is 9.53 Å². The Morgan fingerprint density at radius 3 is 2.83 bits per heavy atom. The molecule has 1 aromatic heterocycles. The third kappa shape index (κ3) is 3.91. The lowest BCUT2D eigenvalue weighted by atomic mass is 10.1. The molecule has 2 heterocycles.